The van der Waals surface area contributed by atoms with E-state index in [2.05, 4.69) is 16.8 Å². The first-order chi connectivity index (χ1) is 13.5. The van der Waals surface area contributed by atoms with Gasteiger partial charge in [0.1, 0.15) is 11.6 Å². The molecule has 1 saturated heterocycles. The SMILES string of the molecule is C=CCn1c(CS(=O)(=O)c2ccccc2)nnc1SCC(=O)N1CCOCC1. The number of benzene rings is 1. The van der Waals surface area contributed by atoms with Gasteiger partial charge in [-0.25, -0.2) is 8.42 Å². The number of carbonyl (C=O) groups is 1. The number of hydrogen-bond donors (Lipinski definition) is 0. The summed E-state index contributed by atoms with van der Waals surface area (Å²) >= 11 is 1.25. The number of hydrogen-bond acceptors (Lipinski definition) is 7. The summed E-state index contributed by atoms with van der Waals surface area (Å²) in [5.74, 6) is 0.265. The minimum atomic E-state index is -3.55. The van der Waals surface area contributed by atoms with Crippen LogP contribution in [0.5, 0.6) is 0 Å². The van der Waals surface area contributed by atoms with Gasteiger partial charge in [-0.3, -0.25) is 4.79 Å². The van der Waals surface area contributed by atoms with Crippen LogP contribution >= 0.6 is 11.8 Å². The van der Waals surface area contributed by atoms with Crippen LogP contribution in [0.3, 0.4) is 0 Å². The van der Waals surface area contributed by atoms with Crippen molar-refractivity contribution in [3.05, 3.63) is 48.8 Å². The van der Waals surface area contributed by atoms with Gasteiger partial charge in [0.05, 0.1) is 23.9 Å². The highest BCUT2D eigenvalue weighted by molar-refractivity contribution is 7.99. The molecule has 0 unspecified atom stereocenters. The van der Waals surface area contributed by atoms with Crippen molar-refractivity contribution in [1.82, 2.24) is 19.7 Å². The smallest absolute Gasteiger partial charge is 0.233 e. The van der Waals surface area contributed by atoms with Crippen molar-refractivity contribution in [2.45, 2.75) is 22.3 Å². The van der Waals surface area contributed by atoms with Gasteiger partial charge >= 0.3 is 0 Å². The third kappa shape index (κ3) is 5.00. The lowest BCUT2D eigenvalue weighted by molar-refractivity contribution is -0.132. The Labute approximate surface area is 168 Å². The maximum atomic E-state index is 12.7. The molecule has 0 saturated carbocycles. The van der Waals surface area contributed by atoms with Gasteiger partial charge in [-0.1, -0.05) is 36.0 Å². The summed E-state index contributed by atoms with van der Waals surface area (Å²) in [6.07, 6.45) is 1.65. The monoisotopic (exact) mass is 422 g/mol. The predicted octanol–water partition coefficient (Wildman–Crippen LogP) is 1.39. The molecule has 8 nitrogen and oxygen atoms in total. The number of aromatic nitrogens is 3. The van der Waals surface area contributed by atoms with Crippen molar-refractivity contribution >= 4 is 27.5 Å². The zero-order chi connectivity index (χ0) is 20.0. The average Bonchev–Trinajstić information content (AvgIpc) is 3.08. The van der Waals surface area contributed by atoms with Crippen LogP contribution < -0.4 is 0 Å². The second-order valence-electron chi connectivity index (χ2n) is 6.15. The number of sulfone groups is 1. The zero-order valence-corrected chi connectivity index (χ0v) is 17.0. The van der Waals surface area contributed by atoms with E-state index in [-0.39, 0.29) is 22.3 Å². The quantitative estimate of drug-likeness (QED) is 0.469. The fourth-order valence-electron chi connectivity index (χ4n) is 2.76. The predicted molar refractivity (Wildman–Crippen MR) is 106 cm³/mol. The van der Waals surface area contributed by atoms with Crippen LogP contribution in [-0.2, 0) is 31.7 Å². The van der Waals surface area contributed by atoms with Crippen LogP contribution in [-0.4, -0.2) is 66.0 Å². The first-order valence-corrected chi connectivity index (χ1v) is 11.4. The van der Waals surface area contributed by atoms with Crippen LogP contribution in [0.15, 0.2) is 53.0 Å². The van der Waals surface area contributed by atoms with Crippen LogP contribution in [0, 0.1) is 0 Å². The number of rotatable bonds is 8. The van der Waals surface area contributed by atoms with Crippen molar-refractivity contribution in [2.24, 2.45) is 0 Å². The Morgan fingerprint density at radius 2 is 1.93 bits per heavy atom. The maximum Gasteiger partial charge on any atom is 0.233 e. The van der Waals surface area contributed by atoms with E-state index in [1.165, 1.54) is 11.8 Å². The molecule has 28 heavy (non-hydrogen) atoms. The molecular weight excluding hydrogens is 400 g/mol. The van der Waals surface area contributed by atoms with Crippen molar-refractivity contribution in [1.29, 1.82) is 0 Å². The Morgan fingerprint density at radius 3 is 2.61 bits per heavy atom. The molecule has 3 rings (SSSR count). The molecule has 10 heteroatoms. The number of thioether (sulfide) groups is 1. The number of allylic oxidation sites excluding steroid dienone is 1. The normalized spacial score (nSPS) is 14.8. The third-order valence-electron chi connectivity index (χ3n) is 4.22. The van der Waals surface area contributed by atoms with E-state index >= 15 is 0 Å². The second-order valence-corrected chi connectivity index (χ2v) is 9.08. The molecule has 2 heterocycles. The first-order valence-electron chi connectivity index (χ1n) is 8.80. The Bertz CT molecular complexity index is 922. The number of carbonyl (C=O) groups excluding carboxylic acids is 1. The number of amides is 1. The molecule has 1 aliphatic heterocycles. The summed E-state index contributed by atoms with van der Waals surface area (Å²) < 4.78 is 32.2. The highest BCUT2D eigenvalue weighted by Gasteiger charge is 2.22. The lowest BCUT2D eigenvalue weighted by Gasteiger charge is -2.26. The summed E-state index contributed by atoms with van der Waals surface area (Å²) in [7, 11) is -3.55. The van der Waals surface area contributed by atoms with Crippen LogP contribution in [0.4, 0.5) is 0 Å². The van der Waals surface area contributed by atoms with E-state index < -0.39 is 9.84 Å². The third-order valence-corrected chi connectivity index (χ3v) is 6.80. The summed E-state index contributed by atoms with van der Waals surface area (Å²) in [5.41, 5.74) is 0. The molecule has 150 valence electrons. The Balaban J connectivity index is 1.72. The highest BCUT2D eigenvalue weighted by atomic mass is 32.2. The first kappa shape index (κ1) is 20.6. The summed E-state index contributed by atoms with van der Waals surface area (Å²) in [6.45, 7) is 6.34. The fraction of sp³-hybridized carbons (Fsp3) is 0.389. The zero-order valence-electron chi connectivity index (χ0n) is 15.4. The van der Waals surface area contributed by atoms with Gasteiger partial charge in [0.25, 0.3) is 0 Å². The molecule has 1 amide bonds. The van der Waals surface area contributed by atoms with Gasteiger partial charge < -0.3 is 14.2 Å². The van der Waals surface area contributed by atoms with Gasteiger partial charge in [0.2, 0.25) is 5.91 Å². The molecule has 1 aromatic heterocycles. The van der Waals surface area contributed by atoms with E-state index in [1.807, 2.05) is 0 Å². The molecule has 0 atom stereocenters. The molecule has 0 bridgehead atoms. The minimum absolute atomic E-state index is 0.0000832. The van der Waals surface area contributed by atoms with Crippen molar-refractivity contribution in [3.8, 4) is 0 Å². The molecule has 0 radical (unpaired) electrons. The van der Waals surface area contributed by atoms with Gasteiger partial charge in [0, 0.05) is 19.6 Å². The fourth-order valence-corrected chi connectivity index (χ4v) is 4.92. The topological polar surface area (TPSA) is 94.4 Å². The van der Waals surface area contributed by atoms with Crippen LogP contribution in [0.2, 0.25) is 0 Å². The maximum absolute atomic E-state index is 12.7. The van der Waals surface area contributed by atoms with Gasteiger partial charge in [-0.15, -0.1) is 16.8 Å². The van der Waals surface area contributed by atoms with Crippen molar-refractivity contribution in [3.63, 3.8) is 0 Å². The van der Waals surface area contributed by atoms with Gasteiger partial charge in [-0.2, -0.15) is 0 Å². The molecule has 1 fully saturated rings. The molecule has 2 aromatic rings. The van der Waals surface area contributed by atoms with E-state index in [1.54, 1.807) is 45.9 Å². The summed E-state index contributed by atoms with van der Waals surface area (Å²) in [4.78, 5) is 14.3. The Morgan fingerprint density at radius 1 is 1.21 bits per heavy atom. The van der Waals surface area contributed by atoms with Gasteiger partial charge in [-0.05, 0) is 12.1 Å². The lowest BCUT2D eigenvalue weighted by atomic mass is 10.4. The largest absolute Gasteiger partial charge is 0.378 e. The van der Waals surface area contributed by atoms with E-state index in [9.17, 15) is 13.2 Å². The van der Waals surface area contributed by atoms with Crippen molar-refractivity contribution < 1.29 is 17.9 Å². The van der Waals surface area contributed by atoms with Crippen molar-refractivity contribution in [2.75, 3.05) is 32.1 Å². The molecular formula is C18H22N4O4S2. The molecule has 1 aromatic carbocycles. The minimum Gasteiger partial charge on any atom is -0.378 e. The average molecular weight is 423 g/mol. The lowest BCUT2D eigenvalue weighted by Crippen LogP contribution is -2.41. The van der Waals surface area contributed by atoms with Crippen LogP contribution in [0.25, 0.3) is 0 Å². The molecule has 1 aliphatic rings. The number of nitrogens with zero attached hydrogens (tertiary/aromatic N) is 4. The number of ether oxygens (including phenoxy) is 1. The van der Waals surface area contributed by atoms with E-state index in [0.29, 0.717) is 43.8 Å². The second kappa shape index (κ2) is 9.35. The van der Waals surface area contributed by atoms with Gasteiger partial charge in [0.15, 0.2) is 15.0 Å². The Hall–Kier alpha value is -2.17. The molecule has 0 spiro atoms. The van der Waals surface area contributed by atoms with Crippen LogP contribution in [0.1, 0.15) is 5.82 Å². The Kier molecular flexibility index (Phi) is 6.87. The summed E-state index contributed by atoms with van der Waals surface area (Å²) in [5, 5.41) is 8.65. The standard InChI is InChI=1S/C18H22N4O4S2/c1-2-8-22-16(14-28(24,25)15-6-4-3-5-7-15)19-20-18(22)27-13-17(23)21-9-11-26-12-10-21/h2-7H,1,8-14H2. The van der Waals surface area contributed by atoms with E-state index in [0.717, 1.165) is 0 Å². The highest BCUT2D eigenvalue weighted by Crippen LogP contribution is 2.21. The summed E-state index contributed by atoms with van der Waals surface area (Å²) in [6, 6.07) is 8.24. The molecule has 0 aliphatic carbocycles. The molecule has 0 N–H and O–H groups in total. The van der Waals surface area contributed by atoms with E-state index in [4.69, 9.17) is 4.74 Å². The number of morpholine rings is 1.